The molecule has 2 aliphatic rings. The third-order valence-corrected chi connectivity index (χ3v) is 8.20. The van der Waals surface area contributed by atoms with E-state index in [1.54, 1.807) is 20.5 Å². The van der Waals surface area contributed by atoms with E-state index in [0.29, 0.717) is 25.3 Å². The molecule has 3 aromatic rings. The molecule has 40 heavy (non-hydrogen) atoms. The van der Waals surface area contributed by atoms with Crippen LogP contribution in [0.15, 0.2) is 55.1 Å². The molecule has 1 N–H and O–H groups in total. The van der Waals surface area contributed by atoms with Crippen LogP contribution in [0.25, 0.3) is 0 Å². The smallest absolute Gasteiger partial charge is 0.142 e. The average molecular weight is 550 g/mol. The standard InChI is InChI=1S/C31H43N5O4/c1-4-26(36-22-32-21-34-36)17-25-18-28(24-7-9-27(38-3)10-8-24)31(19-33-25)40-20-23-6-11-30-29(16-23)35(13-15-39-30)12-5-14-37-2/h6-11,16,21-22,25-26,28,31,33H,4-5,12-15,17-20H2,1-3H3/t25-,26-,28+,31-/m0/s1. The van der Waals surface area contributed by atoms with E-state index in [1.165, 1.54) is 5.56 Å². The molecule has 5 rings (SSSR count). The number of nitrogens with zero attached hydrogens (tertiary/aromatic N) is 4. The minimum Gasteiger partial charge on any atom is -0.497 e. The Labute approximate surface area is 237 Å². The number of benzene rings is 2. The molecule has 0 unspecified atom stereocenters. The molecular formula is C31H43N5O4. The van der Waals surface area contributed by atoms with Gasteiger partial charge in [-0.1, -0.05) is 25.1 Å². The third-order valence-electron chi connectivity index (χ3n) is 8.20. The molecule has 0 saturated carbocycles. The molecule has 2 aromatic carbocycles. The Kier molecular flexibility index (Phi) is 9.91. The molecule has 9 heteroatoms. The van der Waals surface area contributed by atoms with Gasteiger partial charge in [0.2, 0.25) is 0 Å². The number of fused-ring (bicyclic) bond motifs is 1. The molecule has 2 aliphatic heterocycles. The van der Waals surface area contributed by atoms with E-state index in [1.807, 2.05) is 11.0 Å². The first kappa shape index (κ1) is 28.4. The van der Waals surface area contributed by atoms with Gasteiger partial charge in [0.05, 0.1) is 38.1 Å². The lowest BCUT2D eigenvalue weighted by Crippen LogP contribution is -2.47. The lowest BCUT2D eigenvalue weighted by molar-refractivity contribution is 0.00103. The van der Waals surface area contributed by atoms with Gasteiger partial charge >= 0.3 is 0 Å². The van der Waals surface area contributed by atoms with Gasteiger partial charge in [-0.25, -0.2) is 9.67 Å². The molecular weight excluding hydrogens is 506 g/mol. The van der Waals surface area contributed by atoms with Crippen molar-refractivity contribution in [2.24, 2.45) is 0 Å². The van der Waals surface area contributed by atoms with Crippen LogP contribution in [0.5, 0.6) is 11.5 Å². The second kappa shape index (κ2) is 14.0. The summed E-state index contributed by atoms with van der Waals surface area (Å²) in [5.74, 6) is 2.09. The summed E-state index contributed by atoms with van der Waals surface area (Å²) in [4.78, 5) is 6.56. The van der Waals surface area contributed by atoms with Gasteiger partial charge in [-0.2, -0.15) is 5.10 Å². The number of piperidine rings is 1. The van der Waals surface area contributed by atoms with Crippen LogP contribution < -0.4 is 19.7 Å². The largest absolute Gasteiger partial charge is 0.497 e. The summed E-state index contributed by atoms with van der Waals surface area (Å²) in [6.45, 7) is 6.88. The van der Waals surface area contributed by atoms with E-state index in [2.05, 4.69) is 69.7 Å². The van der Waals surface area contributed by atoms with Crippen molar-refractivity contribution in [2.75, 3.05) is 52.0 Å². The lowest BCUT2D eigenvalue weighted by atomic mass is 9.82. The summed E-state index contributed by atoms with van der Waals surface area (Å²) in [7, 11) is 3.46. The SMILES string of the molecule is CC[C@@H](C[C@H]1C[C@H](c2ccc(OC)cc2)[C@@H](OCc2ccc3c(c2)N(CCCOC)CCO3)CN1)n1cncn1. The second-order valence-corrected chi connectivity index (χ2v) is 10.7. The number of rotatable bonds is 13. The van der Waals surface area contributed by atoms with Crippen molar-refractivity contribution in [3.05, 3.63) is 66.2 Å². The van der Waals surface area contributed by atoms with Crippen molar-refractivity contribution in [1.82, 2.24) is 20.1 Å². The molecule has 0 radical (unpaired) electrons. The average Bonchev–Trinajstić information content (AvgIpc) is 3.54. The van der Waals surface area contributed by atoms with Gasteiger partial charge in [0.25, 0.3) is 0 Å². The van der Waals surface area contributed by atoms with Crippen molar-refractivity contribution in [2.45, 2.75) is 63.3 Å². The van der Waals surface area contributed by atoms with Gasteiger partial charge in [-0.15, -0.1) is 0 Å². The minimum absolute atomic E-state index is 0.0566. The molecule has 0 spiro atoms. The van der Waals surface area contributed by atoms with E-state index in [-0.39, 0.29) is 12.0 Å². The lowest BCUT2D eigenvalue weighted by Gasteiger charge is -2.38. The van der Waals surface area contributed by atoms with Crippen molar-refractivity contribution in [3.8, 4) is 11.5 Å². The van der Waals surface area contributed by atoms with Crippen LogP contribution in [0.2, 0.25) is 0 Å². The van der Waals surface area contributed by atoms with Crippen LogP contribution in [-0.4, -0.2) is 74.0 Å². The normalized spacial score (nSPS) is 21.5. The van der Waals surface area contributed by atoms with E-state index >= 15 is 0 Å². The van der Waals surface area contributed by atoms with Gasteiger partial charge in [-0.3, -0.25) is 0 Å². The Morgan fingerprint density at radius 2 is 2.02 bits per heavy atom. The van der Waals surface area contributed by atoms with Crippen LogP contribution in [0, 0.1) is 0 Å². The van der Waals surface area contributed by atoms with Crippen molar-refractivity contribution in [3.63, 3.8) is 0 Å². The first-order valence-electron chi connectivity index (χ1n) is 14.5. The molecule has 0 aliphatic carbocycles. The maximum absolute atomic E-state index is 6.67. The van der Waals surface area contributed by atoms with Crippen molar-refractivity contribution in [1.29, 1.82) is 0 Å². The topological polar surface area (TPSA) is 82.9 Å². The fourth-order valence-electron chi connectivity index (χ4n) is 5.96. The Morgan fingerprint density at radius 1 is 1.15 bits per heavy atom. The molecule has 9 nitrogen and oxygen atoms in total. The van der Waals surface area contributed by atoms with Gasteiger partial charge in [0, 0.05) is 38.8 Å². The zero-order valence-electron chi connectivity index (χ0n) is 24.0. The van der Waals surface area contributed by atoms with Gasteiger partial charge in [0.1, 0.15) is 30.8 Å². The number of hydrogen-bond donors (Lipinski definition) is 1. The van der Waals surface area contributed by atoms with E-state index < -0.39 is 0 Å². The first-order valence-corrected chi connectivity index (χ1v) is 14.5. The molecule has 1 aromatic heterocycles. The maximum atomic E-state index is 6.67. The predicted molar refractivity (Wildman–Crippen MR) is 155 cm³/mol. The highest BCUT2D eigenvalue weighted by Crippen LogP contribution is 2.36. The minimum atomic E-state index is 0.0566. The summed E-state index contributed by atoms with van der Waals surface area (Å²) in [6, 6.07) is 15.6. The maximum Gasteiger partial charge on any atom is 0.142 e. The zero-order valence-corrected chi connectivity index (χ0v) is 24.0. The highest BCUT2D eigenvalue weighted by molar-refractivity contribution is 5.61. The number of anilines is 1. The second-order valence-electron chi connectivity index (χ2n) is 10.7. The summed E-state index contributed by atoms with van der Waals surface area (Å²) in [5, 5.41) is 8.19. The fraction of sp³-hybridized carbons (Fsp3) is 0.548. The van der Waals surface area contributed by atoms with Crippen molar-refractivity contribution >= 4 is 5.69 Å². The highest BCUT2D eigenvalue weighted by Gasteiger charge is 2.33. The van der Waals surface area contributed by atoms with Crippen LogP contribution in [0.1, 0.15) is 55.7 Å². The Hall–Kier alpha value is -3.14. The Bertz CT molecular complexity index is 1170. The van der Waals surface area contributed by atoms with Crippen LogP contribution in [-0.2, 0) is 16.1 Å². The van der Waals surface area contributed by atoms with E-state index in [9.17, 15) is 0 Å². The molecule has 1 fully saturated rings. The zero-order chi connectivity index (χ0) is 27.7. The number of hydrogen-bond acceptors (Lipinski definition) is 8. The monoisotopic (exact) mass is 549 g/mol. The van der Waals surface area contributed by atoms with Gasteiger partial charge in [0.15, 0.2) is 0 Å². The van der Waals surface area contributed by atoms with Gasteiger partial charge in [-0.05, 0) is 61.1 Å². The number of aromatic nitrogens is 3. The summed E-state index contributed by atoms with van der Waals surface area (Å²) in [6.07, 6.45) is 7.50. The van der Waals surface area contributed by atoms with Crippen LogP contribution in [0.4, 0.5) is 5.69 Å². The van der Waals surface area contributed by atoms with Crippen LogP contribution in [0.3, 0.4) is 0 Å². The first-order chi connectivity index (χ1) is 19.7. The Balaban J connectivity index is 1.28. The predicted octanol–water partition coefficient (Wildman–Crippen LogP) is 4.59. The fourth-order valence-corrected chi connectivity index (χ4v) is 5.96. The molecule has 216 valence electrons. The quantitative estimate of drug-likeness (QED) is 0.310. The highest BCUT2D eigenvalue weighted by atomic mass is 16.5. The molecule has 0 amide bonds. The van der Waals surface area contributed by atoms with Crippen molar-refractivity contribution < 1.29 is 18.9 Å². The number of methoxy groups -OCH3 is 2. The third kappa shape index (κ3) is 6.95. The molecule has 1 saturated heterocycles. The summed E-state index contributed by atoms with van der Waals surface area (Å²) >= 11 is 0. The summed E-state index contributed by atoms with van der Waals surface area (Å²) in [5.41, 5.74) is 3.60. The Morgan fingerprint density at radius 3 is 2.77 bits per heavy atom. The molecule has 4 atom stereocenters. The molecule has 3 heterocycles. The molecule has 0 bridgehead atoms. The van der Waals surface area contributed by atoms with E-state index in [0.717, 1.165) is 74.7 Å². The van der Waals surface area contributed by atoms with E-state index in [4.69, 9.17) is 18.9 Å². The number of ether oxygens (including phenoxy) is 4. The summed E-state index contributed by atoms with van der Waals surface area (Å²) < 4.78 is 25.3. The number of nitrogens with one attached hydrogen (secondary N) is 1. The van der Waals surface area contributed by atoms with Gasteiger partial charge < -0.3 is 29.2 Å². The van der Waals surface area contributed by atoms with Crippen LogP contribution >= 0.6 is 0 Å².